The van der Waals surface area contributed by atoms with Crippen molar-refractivity contribution in [1.82, 2.24) is 0 Å². The van der Waals surface area contributed by atoms with Crippen LogP contribution in [0.3, 0.4) is 0 Å². The van der Waals surface area contributed by atoms with E-state index in [2.05, 4.69) is 0 Å². The van der Waals surface area contributed by atoms with Crippen molar-refractivity contribution < 1.29 is 28.2 Å². The van der Waals surface area contributed by atoms with E-state index in [9.17, 15) is 19.1 Å². The lowest BCUT2D eigenvalue weighted by atomic mass is 9.98. The average Bonchev–Trinajstić information content (AvgIpc) is 3.40. The van der Waals surface area contributed by atoms with Gasteiger partial charge in [-0.25, -0.2) is 4.39 Å². The van der Waals surface area contributed by atoms with Crippen molar-refractivity contribution >= 4 is 28.8 Å². The number of carbonyl (C=O) groups is 2. The van der Waals surface area contributed by atoms with Crippen LogP contribution in [0.5, 0.6) is 5.75 Å². The summed E-state index contributed by atoms with van der Waals surface area (Å²) >= 11 is 0. The standard InChI is InChI=1S/C24H19FN2O5/c1-26-9-11-32-18-8-7-14(12-17(18)26)22(28)20-21(19-6-3-10-31-19)27(24(30)23(20)29)16-5-2-4-15(25)13-16/h2-8,10,12-13,21,28H,9,11H2,1H3/b22-20-. The summed E-state index contributed by atoms with van der Waals surface area (Å²) in [5, 5.41) is 11.2. The highest BCUT2D eigenvalue weighted by atomic mass is 19.1. The lowest BCUT2D eigenvalue weighted by Crippen LogP contribution is -2.29. The normalized spacial score (nSPS) is 19.8. The molecule has 1 N–H and O–H groups in total. The summed E-state index contributed by atoms with van der Waals surface area (Å²) in [6.07, 6.45) is 1.41. The zero-order chi connectivity index (χ0) is 22.4. The van der Waals surface area contributed by atoms with Gasteiger partial charge in [0.15, 0.2) is 0 Å². The number of aliphatic hydroxyl groups is 1. The van der Waals surface area contributed by atoms with Gasteiger partial charge in [-0.1, -0.05) is 6.07 Å². The van der Waals surface area contributed by atoms with E-state index >= 15 is 0 Å². The average molecular weight is 434 g/mol. The van der Waals surface area contributed by atoms with Crippen LogP contribution >= 0.6 is 0 Å². The minimum atomic E-state index is -1.04. The van der Waals surface area contributed by atoms with Crippen molar-refractivity contribution in [1.29, 1.82) is 0 Å². The van der Waals surface area contributed by atoms with Crippen LogP contribution in [0.15, 0.2) is 70.9 Å². The van der Waals surface area contributed by atoms with E-state index in [1.54, 1.807) is 30.3 Å². The maximum atomic E-state index is 13.9. The topological polar surface area (TPSA) is 83.2 Å². The van der Waals surface area contributed by atoms with Crippen molar-refractivity contribution in [2.24, 2.45) is 0 Å². The first-order valence-electron chi connectivity index (χ1n) is 10.0. The summed E-state index contributed by atoms with van der Waals surface area (Å²) in [7, 11) is 1.90. The Balaban J connectivity index is 1.68. The Kier molecular flexibility index (Phi) is 4.70. The number of carbonyl (C=O) groups excluding carboxylic acids is 2. The zero-order valence-corrected chi connectivity index (χ0v) is 17.1. The third-order valence-corrected chi connectivity index (χ3v) is 5.67. The number of fused-ring (bicyclic) bond motifs is 1. The fraction of sp³-hybridized carbons (Fsp3) is 0.167. The molecule has 2 aliphatic rings. The Labute approximate surface area is 182 Å². The summed E-state index contributed by atoms with van der Waals surface area (Å²) in [4.78, 5) is 29.2. The number of Topliss-reactive ketones (excluding diaryl/α,β-unsaturated/α-hetero) is 1. The predicted molar refractivity (Wildman–Crippen MR) is 115 cm³/mol. The number of aliphatic hydroxyl groups excluding tert-OH is 1. The second-order valence-corrected chi connectivity index (χ2v) is 7.62. The lowest BCUT2D eigenvalue weighted by Gasteiger charge is -2.28. The van der Waals surface area contributed by atoms with E-state index in [0.29, 0.717) is 24.5 Å². The minimum Gasteiger partial charge on any atom is -0.507 e. The number of halogens is 1. The van der Waals surface area contributed by atoms with Crippen LogP contribution < -0.4 is 14.5 Å². The molecule has 0 saturated carbocycles. The number of hydrogen-bond donors (Lipinski definition) is 1. The summed E-state index contributed by atoms with van der Waals surface area (Å²) < 4.78 is 25.1. The van der Waals surface area contributed by atoms with Gasteiger partial charge in [-0.3, -0.25) is 14.5 Å². The van der Waals surface area contributed by atoms with Gasteiger partial charge in [-0.15, -0.1) is 0 Å². The van der Waals surface area contributed by atoms with E-state index in [1.165, 1.54) is 24.5 Å². The number of ketones is 1. The van der Waals surface area contributed by atoms with Crippen molar-refractivity contribution in [2.75, 3.05) is 30.0 Å². The minimum absolute atomic E-state index is 0.131. The molecular formula is C24H19FN2O5. The Bertz CT molecular complexity index is 1250. The first kappa shape index (κ1) is 19.9. The number of nitrogens with zero attached hydrogens (tertiary/aromatic N) is 2. The molecule has 32 heavy (non-hydrogen) atoms. The monoisotopic (exact) mass is 434 g/mol. The number of amides is 1. The Morgan fingerprint density at radius 3 is 2.72 bits per heavy atom. The first-order valence-corrected chi connectivity index (χ1v) is 10.0. The fourth-order valence-corrected chi connectivity index (χ4v) is 4.09. The maximum absolute atomic E-state index is 13.9. The van der Waals surface area contributed by atoms with Crippen LogP contribution in [0.4, 0.5) is 15.8 Å². The zero-order valence-electron chi connectivity index (χ0n) is 17.1. The number of rotatable bonds is 3. The largest absolute Gasteiger partial charge is 0.507 e. The van der Waals surface area contributed by atoms with Crippen LogP contribution in [0.2, 0.25) is 0 Å². The summed E-state index contributed by atoms with van der Waals surface area (Å²) in [6, 6.07) is 12.6. The molecule has 8 heteroatoms. The Morgan fingerprint density at radius 2 is 1.97 bits per heavy atom. The molecule has 3 aromatic rings. The van der Waals surface area contributed by atoms with E-state index in [0.717, 1.165) is 16.7 Å². The molecule has 1 unspecified atom stereocenters. The molecule has 0 aliphatic carbocycles. The summed E-state index contributed by atoms with van der Waals surface area (Å²) in [5.41, 5.74) is 1.17. The van der Waals surface area contributed by atoms with Crippen LogP contribution in [0.25, 0.3) is 5.76 Å². The number of ether oxygens (including phenoxy) is 1. The molecule has 1 aromatic heterocycles. The van der Waals surface area contributed by atoms with E-state index in [4.69, 9.17) is 9.15 Å². The van der Waals surface area contributed by atoms with Gasteiger partial charge in [0.2, 0.25) is 0 Å². The SMILES string of the molecule is CN1CCOc2ccc(/C(O)=C3/C(=O)C(=O)N(c4cccc(F)c4)C3c3ccco3)cc21. The molecule has 2 aromatic carbocycles. The van der Waals surface area contributed by atoms with Crippen LogP contribution in [0, 0.1) is 5.82 Å². The second-order valence-electron chi connectivity index (χ2n) is 7.62. The summed E-state index contributed by atoms with van der Waals surface area (Å²) in [6.45, 7) is 1.22. The van der Waals surface area contributed by atoms with Crippen LogP contribution in [-0.2, 0) is 9.59 Å². The Morgan fingerprint density at radius 1 is 1.12 bits per heavy atom. The van der Waals surface area contributed by atoms with Gasteiger partial charge < -0.3 is 19.2 Å². The highest BCUT2D eigenvalue weighted by Crippen LogP contribution is 2.43. The Hall–Kier alpha value is -4.07. The molecule has 162 valence electrons. The van der Waals surface area contributed by atoms with Crippen molar-refractivity contribution in [3.63, 3.8) is 0 Å². The van der Waals surface area contributed by atoms with Crippen molar-refractivity contribution in [3.05, 3.63) is 83.6 Å². The van der Waals surface area contributed by atoms with Crippen LogP contribution in [-0.4, -0.2) is 37.0 Å². The number of hydrogen-bond acceptors (Lipinski definition) is 6. The third kappa shape index (κ3) is 3.11. The van der Waals surface area contributed by atoms with Gasteiger partial charge in [0.1, 0.15) is 35.7 Å². The van der Waals surface area contributed by atoms with E-state index < -0.39 is 23.5 Å². The fourth-order valence-electron chi connectivity index (χ4n) is 4.09. The molecule has 0 radical (unpaired) electrons. The predicted octanol–water partition coefficient (Wildman–Crippen LogP) is 3.87. The lowest BCUT2D eigenvalue weighted by molar-refractivity contribution is -0.132. The van der Waals surface area contributed by atoms with E-state index in [1.807, 2.05) is 11.9 Å². The van der Waals surface area contributed by atoms with Crippen molar-refractivity contribution in [3.8, 4) is 5.75 Å². The molecule has 0 spiro atoms. The van der Waals surface area contributed by atoms with Gasteiger partial charge in [0.25, 0.3) is 11.7 Å². The molecule has 1 fully saturated rings. The highest BCUT2D eigenvalue weighted by molar-refractivity contribution is 6.51. The van der Waals surface area contributed by atoms with Gasteiger partial charge in [-0.05, 0) is 48.5 Å². The van der Waals surface area contributed by atoms with Gasteiger partial charge in [0, 0.05) is 18.3 Å². The van der Waals surface area contributed by atoms with Crippen LogP contribution in [0.1, 0.15) is 17.4 Å². The maximum Gasteiger partial charge on any atom is 0.300 e. The van der Waals surface area contributed by atoms with Crippen molar-refractivity contribution in [2.45, 2.75) is 6.04 Å². The molecular weight excluding hydrogens is 415 g/mol. The highest BCUT2D eigenvalue weighted by Gasteiger charge is 2.48. The molecule has 1 atom stereocenters. The second kappa shape index (κ2) is 7.56. The first-order chi connectivity index (χ1) is 15.5. The number of likely N-dealkylation sites (N-methyl/N-ethyl adjacent to an activating group) is 1. The molecule has 3 heterocycles. The smallest absolute Gasteiger partial charge is 0.300 e. The quantitative estimate of drug-likeness (QED) is 0.383. The number of furan rings is 1. The number of anilines is 2. The van der Waals surface area contributed by atoms with Gasteiger partial charge >= 0.3 is 0 Å². The van der Waals surface area contributed by atoms with Gasteiger partial charge in [0.05, 0.1) is 24.1 Å². The molecule has 7 nitrogen and oxygen atoms in total. The summed E-state index contributed by atoms with van der Waals surface area (Å²) in [5.74, 6) is -1.72. The molecule has 1 amide bonds. The molecule has 2 aliphatic heterocycles. The van der Waals surface area contributed by atoms with E-state index in [-0.39, 0.29) is 22.8 Å². The molecule has 0 bridgehead atoms. The third-order valence-electron chi connectivity index (χ3n) is 5.67. The molecule has 1 saturated heterocycles. The molecule has 5 rings (SSSR count). The van der Waals surface area contributed by atoms with Gasteiger partial charge in [-0.2, -0.15) is 0 Å². The number of benzene rings is 2.